The molecule has 23 heavy (non-hydrogen) atoms. The average Bonchev–Trinajstić information content (AvgIpc) is 2.92. The first kappa shape index (κ1) is 17.1. The molecule has 0 radical (unpaired) electrons. The van der Waals surface area contributed by atoms with E-state index in [0.717, 1.165) is 5.76 Å². The summed E-state index contributed by atoms with van der Waals surface area (Å²) in [6, 6.07) is 7.99. The Hall–Kier alpha value is -2.31. The minimum absolute atomic E-state index is 0.196. The molecule has 120 valence electrons. The molecule has 6 nitrogen and oxygen atoms in total. The van der Waals surface area contributed by atoms with Gasteiger partial charge in [-0.25, -0.2) is 5.43 Å². The van der Waals surface area contributed by atoms with Gasteiger partial charge in [0.25, 0.3) is 11.8 Å². The van der Waals surface area contributed by atoms with Crippen molar-refractivity contribution < 1.29 is 14.0 Å². The van der Waals surface area contributed by atoms with E-state index in [1.165, 1.54) is 18.3 Å². The molecule has 0 aliphatic heterocycles. The zero-order chi connectivity index (χ0) is 16.8. The fraction of sp³-hybridized carbons (Fsp3) is 0.133. The topological polar surface area (TPSA) is 83.7 Å². The van der Waals surface area contributed by atoms with Gasteiger partial charge in [-0.2, -0.15) is 5.10 Å². The summed E-state index contributed by atoms with van der Waals surface area (Å²) in [5.74, 6) is 0.260. The molecule has 0 saturated carbocycles. The van der Waals surface area contributed by atoms with Gasteiger partial charge in [0.05, 0.1) is 23.3 Å². The Morgan fingerprint density at radius 1 is 1.26 bits per heavy atom. The van der Waals surface area contributed by atoms with Gasteiger partial charge in [-0.15, -0.1) is 0 Å². The molecule has 8 heteroatoms. The van der Waals surface area contributed by atoms with Gasteiger partial charge >= 0.3 is 0 Å². The molecule has 0 aliphatic rings. The number of hydrogen-bond donors (Lipinski definition) is 2. The SMILES string of the molecule is Cc1ccc(/C=N/NC(=O)CNC(=O)c2cc(Cl)ccc2Cl)o1. The molecule has 0 aliphatic carbocycles. The Morgan fingerprint density at radius 3 is 2.74 bits per heavy atom. The molecular formula is C15H13Cl2N3O3. The number of carbonyl (C=O) groups is 2. The lowest BCUT2D eigenvalue weighted by Crippen LogP contribution is -2.35. The van der Waals surface area contributed by atoms with E-state index in [0.29, 0.717) is 10.8 Å². The van der Waals surface area contributed by atoms with Crippen LogP contribution >= 0.6 is 23.2 Å². The second-order valence-corrected chi connectivity index (χ2v) is 5.39. The van der Waals surface area contributed by atoms with Gasteiger partial charge in [0.1, 0.15) is 11.5 Å². The van der Waals surface area contributed by atoms with Crippen LogP contribution in [0.4, 0.5) is 0 Å². The van der Waals surface area contributed by atoms with Crippen LogP contribution in [0.15, 0.2) is 39.9 Å². The standard InChI is InChI=1S/C15H13Cl2N3O3/c1-9-2-4-11(23-9)7-19-20-14(21)8-18-15(22)12-6-10(16)3-5-13(12)17/h2-7H,8H2,1H3,(H,18,22)(H,20,21)/b19-7+. The number of benzene rings is 1. The van der Waals surface area contributed by atoms with Crippen molar-refractivity contribution in [2.45, 2.75) is 6.92 Å². The summed E-state index contributed by atoms with van der Waals surface area (Å²) >= 11 is 11.7. The molecule has 1 aromatic heterocycles. The Labute approximate surface area is 142 Å². The molecular weight excluding hydrogens is 341 g/mol. The summed E-state index contributed by atoms with van der Waals surface area (Å²) in [4.78, 5) is 23.5. The predicted octanol–water partition coefficient (Wildman–Crippen LogP) is 2.77. The summed E-state index contributed by atoms with van der Waals surface area (Å²) in [6.45, 7) is 1.54. The minimum atomic E-state index is -0.502. The quantitative estimate of drug-likeness (QED) is 0.640. The maximum Gasteiger partial charge on any atom is 0.259 e. The molecule has 0 saturated heterocycles. The number of carbonyl (C=O) groups excluding carboxylic acids is 2. The number of nitrogens with one attached hydrogen (secondary N) is 2. The maximum atomic E-state index is 11.9. The third-order valence-electron chi connectivity index (χ3n) is 2.72. The number of furan rings is 1. The van der Waals surface area contributed by atoms with Crippen LogP contribution in [0.25, 0.3) is 0 Å². The lowest BCUT2D eigenvalue weighted by Gasteiger charge is -2.06. The highest BCUT2D eigenvalue weighted by molar-refractivity contribution is 6.35. The molecule has 1 heterocycles. The second kappa shape index (κ2) is 7.80. The first-order valence-corrected chi connectivity index (χ1v) is 7.33. The fourth-order valence-electron chi connectivity index (χ4n) is 1.66. The molecule has 2 N–H and O–H groups in total. The molecule has 0 fully saturated rings. The van der Waals surface area contributed by atoms with E-state index >= 15 is 0 Å². The van der Waals surface area contributed by atoms with E-state index < -0.39 is 11.8 Å². The van der Waals surface area contributed by atoms with E-state index in [1.807, 2.05) is 0 Å². The zero-order valence-corrected chi connectivity index (χ0v) is 13.6. The van der Waals surface area contributed by atoms with Crippen molar-refractivity contribution in [2.24, 2.45) is 5.10 Å². The summed E-state index contributed by atoms with van der Waals surface area (Å²) in [6.07, 6.45) is 1.36. The van der Waals surface area contributed by atoms with E-state index in [1.54, 1.807) is 25.1 Å². The van der Waals surface area contributed by atoms with Crippen molar-refractivity contribution in [1.29, 1.82) is 0 Å². The Kier molecular flexibility index (Phi) is 5.78. The molecule has 0 atom stereocenters. The number of halogens is 2. The second-order valence-electron chi connectivity index (χ2n) is 4.55. The normalized spacial score (nSPS) is 10.7. The largest absolute Gasteiger partial charge is 0.460 e. The number of hydrogen-bond acceptors (Lipinski definition) is 4. The van der Waals surface area contributed by atoms with Crippen LogP contribution in [-0.2, 0) is 4.79 Å². The van der Waals surface area contributed by atoms with Gasteiger partial charge in [0.2, 0.25) is 0 Å². The smallest absolute Gasteiger partial charge is 0.259 e. The van der Waals surface area contributed by atoms with Crippen LogP contribution in [0.5, 0.6) is 0 Å². The van der Waals surface area contributed by atoms with Crippen LogP contribution in [0.3, 0.4) is 0 Å². The Bertz CT molecular complexity index is 756. The van der Waals surface area contributed by atoms with Gasteiger partial charge in [-0.05, 0) is 37.3 Å². The van der Waals surface area contributed by atoms with Gasteiger partial charge in [0, 0.05) is 5.02 Å². The zero-order valence-electron chi connectivity index (χ0n) is 12.1. The predicted molar refractivity (Wildman–Crippen MR) is 88.0 cm³/mol. The Morgan fingerprint density at radius 2 is 2.04 bits per heavy atom. The highest BCUT2D eigenvalue weighted by Gasteiger charge is 2.12. The Balaban J connectivity index is 1.83. The van der Waals surface area contributed by atoms with Gasteiger partial charge in [-0.3, -0.25) is 9.59 Å². The number of nitrogens with zero attached hydrogens (tertiary/aromatic N) is 1. The lowest BCUT2D eigenvalue weighted by atomic mass is 10.2. The highest BCUT2D eigenvalue weighted by atomic mass is 35.5. The third-order valence-corrected chi connectivity index (χ3v) is 3.29. The summed E-state index contributed by atoms with van der Waals surface area (Å²) in [7, 11) is 0. The van der Waals surface area contributed by atoms with Crippen molar-refractivity contribution in [3.63, 3.8) is 0 Å². The summed E-state index contributed by atoms with van der Waals surface area (Å²) in [5.41, 5.74) is 2.47. The van der Waals surface area contributed by atoms with Gasteiger partial charge in [0.15, 0.2) is 0 Å². The highest BCUT2D eigenvalue weighted by Crippen LogP contribution is 2.20. The van der Waals surface area contributed by atoms with Crippen molar-refractivity contribution in [1.82, 2.24) is 10.7 Å². The van der Waals surface area contributed by atoms with Crippen molar-refractivity contribution in [3.8, 4) is 0 Å². The first-order chi connectivity index (χ1) is 11.0. The monoisotopic (exact) mass is 353 g/mol. The van der Waals surface area contributed by atoms with Crippen LogP contribution in [0, 0.1) is 6.92 Å². The molecule has 0 spiro atoms. The van der Waals surface area contributed by atoms with Crippen LogP contribution in [-0.4, -0.2) is 24.6 Å². The average molecular weight is 354 g/mol. The van der Waals surface area contributed by atoms with Crippen molar-refractivity contribution in [3.05, 3.63) is 57.5 Å². The molecule has 2 aromatic rings. The van der Waals surface area contributed by atoms with Crippen LogP contribution < -0.4 is 10.7 Å². The van der Waals surface area contributed by atoms with E-state index in [9.17, 15) is 9.59 Å². The van der Waals surface area contributed by atoms with E-state index in [2.05, 4.69) is 15.8 Å². The van der Waals surface area contributed by atoms with Crippen LogP contribution in [0.2, 0.25) is 10.0 Å². The number of aryl methyl sites for hydroxylation is 1. The maximum absolute atomic E-state index is 11.9. The van der Waals surface area contributed by atoms with Crippen molar-refractivity contribution >= 4 is 41.2 Å². The van der Waals surface area contributed by atoms with Crippen LogP contribution in [0.1, 0.15) is 21.9 Å². The fourth-order valence-corrected chi connectivity index (χ4v) is 2.03. The number of amides is 2. The number of rotatable bonds is 5. The van der Waals surface area contributed by atoms with E-state index in [4.69, 9.17) is 27.6 Å². The minimum Gasteiger partial charge on any atom is -0.460 e. The molecule has 1 aromatic carbocycles. The summed E-state index contributed by atoms with van der Waals surface area (Å²) in [5, 5.41) is 6.77. The van der Waals surface area contributed by atoms with Crippen molar-refractivity contribution in [2.75, 3.05) is 6.54 Å². The molecule has 2 amide bonds. The van der Waals surface area contributed by atoms with E-state index in [-0.39, 0.29) is 17.1 Å². The van der Waals surface area contributed by atoms with Gasteiger partial charge in [-0.1, -0.05) is 23.2 Å². The first-order valence-electron chi connectivity index (χ1n) is 6.57. The third kappa shape index (κ3) is 5.12. The lowest BCUT2D eigenvalue weighted by molar-refractivity contribution is -0.120. The van der Waals surface area contributed by atoms with Gasteiger partial charge < -0.3 is 9.73 Å². The molecule has 0 unspecified atom stereocenters. The molecule has 2 rings (SSSR count). The summed E-state index contributed by atoms with van der Waals surface area (Å²) < 4.78 is 5.25. The number of hydrazone groups is 1. The molecule has 0 bridgehead atoms.